The van der Waals surface area contributed by atoms with Crippen LogP contribution in [0.4, 0.5) is 5.82 Å². The third-order valence-corrected chi connectivity index (χ3v) is 10.8. The number of halogens is 1. The molecule has 1 aliphatic heterocycles. The number of ether oxygens (including phenoxy) is 1. The summed E-state index contributed by atoms with van der Waals surface area (Å²) < 4.78 is 24.0. The summed E-state index contributed by atoms with van der Waals surface area (Å²) in [5.74, 6) is 0.611. The molecule has 0 bridgehead atoms. The van der Waals surface area contributed by atoms with E-state index in [0.717, 1.165) is 6.04 Å². The molecule has 14 heteroatoms. The molecular weight excluding hydrogens is 616 g/mol. The molecule has 0 radical (unpaired) electrons. The van der Waals surface area contributed by atoms with Crippen molar-refractivity contribution in [1.82, 2.24) is 28.7 Å². The molecule has 0 amide bonds. The van der Waals surface area contributed by atoms with Crippen LogP contribution in [0.1, 0.15) is 18.3 Å². The van der Waals surface area contributed by atoms with Crippen molar-refractivity contribution in [3.63, 3.8) is 0 Å². The zero-order valence-corrected chi connectivity index (χ0v) is 27.5. The third kappa shape index (κ3) is 5.64. The second-order valence-corrected chi connectivity index (χ2v) is 19.6. The minimum absolute atomic E-state index is 0.263. The summed E-state index contributed by atoms with van der Waals surface area (Å²) in [4.78, 5) is 25.8. The Bertz CT molecular complexity index is 1930. The van der Waals surface area contributed by atoms with Gasteiger partial charge in [-0.25, -0.2) is 14.5 Å². The van der Waals surface area contributed by atoms with Crippen LogP contribution in [0.15, 0.2) is 64.8 Å². The van der Waals surface area contributed by atoms with E-state index in [1.165, 1.54) is 10.8 Å². The largest absolute Gasteiger partial charge is 0.612 e. The summed E-state index contributed by atoms with van der Waals surface area (Å²) in [7, 11) is -1.27. The predicted octanol–water partition coefficient (Wildman–Crippen LogP) is 5.02. The summed E-state index contributed by atoms with van der Waals surface area (Å²) in [5.41, 5.74) is 1.17. The number of nitrogens with zero attached hydrogens (tertiary/aromatic N) is 8. The monoisotopic (exact) mass is 648 g/mol. The highest BCUT2D eigenvalue weighted by Crippen LogP contribution is 2.42. The molecule has 5 aromatic rings. The highest BCUT2D eigenvalue weighted by atomic mass is 35.5. The van der Waals surface area contributed by atoms with E-state index in [2.05, 4.69) is 35.7 Å². The van der Waals surface area contributed by atoms with Gasteiger partial charge in [0.2, 0.25) is 0 Å². The van der Waals surface area contributed by atoms with Crippen molar-refractivity contribution in [1.29, 1.82) is 5.26 Å². The van der Waals surface area contributed by atoms with Crippen LogP contribution in [-0.4, -0.2) is 60.8 Å². The van der Waals surface area contributed by atoms with Gasteiger partial charge in [0.15, 0.2) is 16.4 Å². The molecule has 4 aromatic heterocycles. The summed E-state index contributed by atoms with van der Waals surface area (Å²) in [6.07, 6.45) is 6.98. The number of para-hydroxylation sites is 1. The molecule has 5 heterocycles. The fourth-order valence-electron chi connectivity index (χ4n) is 5.65. The second-order valence-electron chi connectivity index (χ2n) is 12.2. The normalized spacial score (nSPS) is 17.9. The molecule has 0 spiro atoms. The van der Waals surface area contributed by atoms with Crippen LogP contribution in [0.5, 0.6) is 0 Å². The maximum absolute atomic E-state index is 14.0. The number of hydrogen-bond donors (Lipinski definition) is 0. The van der Waals surface area contributed by atoms with Crippen molar-refractivity contribution in [3.05, 3.63) is 76.3 Å². The van der Waals surface area contributed by atoms with Crippen LogP contribution in [0.3, 0.4) is 0 Å². The minimum atomic E-state index is -1.37. The van der Waals surface area contributed by atoms with Gasteiger partial charge >= 0.3 is 0 Å². The summed E-state index contributed by atoms with van der Waals surface area (Å²) in [5, 5.41) is 15.9. The Morgan fingerprint density at radius 2 is 1.98 bits per heavy atom. The zero-order chi connectivity index (χ0) is 31.2. The molecule has 0 unspecified atom stereocenters. The number of benzene rings is 1. The van der Waals surface area contributed by atoms with E-state index >= 15 is 0 Å². The van der Waals surface area contributed by atoms with Crippen LogP contribution >= 0.6 is 11.6 Å². The van der Waals surface area contributed by atoms with Crippen LogP contribution in [0.25, 0.3) is 22.2 Å². The first kappa shape index (κ1) is 30.4. The third-order valence-electron chi connectivity index (χ3n) is 7.87. The number of nitriles is 1. The molecule has 1 aliphatic rings. The lowest BCUT2D eigenvalue weighted by molar-refractivity contribution is 0.0896. The second kappa shape index (κ2) is 12.0. The van der Waals surface area contributed by atoms with Crippen molar-refractivity contribution < 1.29 is 9.29 Å². The maximum Gasteiger partial charge on any atom is 0.284 e. The smallest absolute Gasteiger partial charge is 0.284 e. The fraction of sp³-hybridized carbons (Fsp3) is 0.367. The van der Waals surface area contributed by atoms with Gasteiger partial charge in [0.1, 0.15) is 36.0 Å². The Hall–Kier alpha value is -3.67. The van der Waals surface area contributed by atoms with Gasteiger partial charge < -0.3 is 18.8 Å². The lowest BCUT2D eigenvalue weighted by Gasteiger charge is -2.27. The van der Waals surface area contributed by atoms with E-state index in [1.807, 2.05) is 46.0 Å². The molecular formula is C30H33ClN8O3SSi. The summed E-state index contributed by atoms with van der Waals surface area (Å²) in [6, 6.07) is 13.8. The van der Waals surface area contributed by atoms with Crippen molar-refractivity contribution in [3.8, 4) is 11.8 Å². The van der Waals surface area contributed by atoms with Crippen LogP contribution in [0.2, 0.25) is 30.7 Å². The number of rotatable bonds is 9. The Morgan fingerprint density at radius 3 is 2.68 bits per heavy atom. The standard InChI is InChI=1S/C30H33ClN8O3SSi/c1-43(41)24-17-36(19-42-12-13-44(2,3)4)28-25(24)29(34-18-33-28)37-16-20(15-32)14-23(37)27-35-38-11-10-22(31)26(38)30(40)39(27)21-8-6-5-7-9-21/h5-11,17-18,20,23H,12-14,16,19H2,1-4H3/t20-,23+,43-/m1/s1. The molecule has 6 rings (SSSR count). The number of anilines is 1. The van der Waals surface area contributed by atoms with Crippen LogP contribution < -0.4 is 10.5 Å². The molecule has 3 atom stereocenters. The molecule has 11 nitrogen and oxygen atoms in total. The van der Waals surface area contributed by atoms with Gasteiger partial charge in [0, 0.05) is 27.4 Å². The van der Waals surface area contributed by atoms with E-state index < -0.39 is 25.3 Å². The van der Waals surface area contributed by atoms with E-state index in [4.69, 9.17) is 21.4 Å². The number of fused-ring (bicyclic) bond motifs is 2. The van der Waals surface area contributed by atoms with Gasteiger partial charge in [-0.15, -0.1) is 0 Å². The van der Waals surface area contributed by atoms with E-state index in [0.29, 0.717) is 57.9 Å². The average Bonchev–Trinajstić information content (AvgIpc) is 3.70. The number of aromatic nitrogens is 6. The average molecular weight is 649 g/mol. The molecule has 0 aliphatic carbocycles. The van der Waals surface area contributed by atoms with Crippen molar-refractivity contribution >= 4 is 53.2 Å². The first-order valence-corrected chi connectivity index (χ1v) is 20.0. The molecule has 1 fully saturated rings. The number of hydrogen-bond acceptors (Lipinski definition) is 8. The lowest BCUT2D eigenvalue weighted by Crippen LogP contribution is -2.33. The van der Waals surface area contributed by atoms with Gasteiger partial charge in [0.05, 0.1) is 34.9 Å². The van der Waals surface area contributed by atoms with E-state index in [-0.39, 0.29) is 23.7 Å². The molecule has 0 N–H and O–H groups in total. The quantitative estimate of drug-likeness (QED) is 0.124. The van der Waals surface area contributed by atoms with Crippen molar-refractivity contribution in [2.45, 2.75) is 49.8 Å². The first-order valence-electron chi connectivity index (χ1n) is 14.3. The van der Waals surface area contributed by atoms with Crippen molar-refractivity contribution in [2.75, 3.05) is 24.3 Å². The van der Waals surface area contributed by atoms with Crippen LogP contribution in [0, 0.1) is 17.2 Å². The lowest BCUT2D eigenvalue weighted by atomic mass is 10.1. The molecule has 228 valence electrons. The first-order chi connectivity index (χ1) is 21.1. The molecule has 1 aromatic carbocycles. The highest BCUT2D eigenvalue weighted by Gasteiger charge is 2.40. The Morgan fingerprint density at radius 1 is 1.20 bits per heavy atom. The highest BCUT2D eigenvalue weighted by molar-refractivity contribution is 7.91. The maximum atomic E-state index is 14.0. The van der Waals surface area contributed by atoms with Crippen molar-refractivity contribution in [2.24, 2.45) is 5.92 Å². The van der Waals surface area contributed by atoms with Gasteiger partial charge in [-0.05, 0) is 41.8 Å². The molecule has 0 saturated carbocycles. The molecule has 44 heavy (non-hydrogen) atoms. The topological polar surface area (TPSA) is 129 Å². The summed E-state index contributed by atoms with van der Waals surface area (Å²) >= 11 is 5.05. The fourth-order valence-corrected chi connectivity index (χ4v) is 7.37. The minimum Gasteiger partial charge on any atom is -0.612 e. The van der Waals surface area contributed by atoms with Gasteiger partial charge in [-0.3, -0.25) is 9.36 Å². The summed E-state index contributed by atoms with van der Waals surface area (Å²) in [6.45, 7) is 8.14. The van der Waals surface area contributed by atoms with E-state index in [9.17, 15) is 14.6 Å². The SMILES string of the molecule is C[S@@+]([O-])c1cn(COCC[Si](C)(C)C)c2ncnc(N3C[C@@H](C#N)C[C@H]3c3nn4ccc(Cl)c4c(=O)n3-c3ccccc3)c12. The Labute approximate surface area is 263 Å². The molecule has 1 saturated heterocycles. The Kier molecular flexibility index (Phi) is 8.29. The predicted molar refractivity (Wildman–Crippen MR) is 174 cm³/mol. The van der Waals surface area contributed by atoms with Crippen LogP contribution in [-0.2, 0) is 22.6 Å². The zero-order valence-electron chi connectivity index (χ0n) is 25.0. The van der Waals surface area contributed by atoms with Gasteiger partial charge in [-0.2, -0.15) is 10.4 Å². The Balaban J connectivity index is 1.50. The van der Waals surface area contributed by atoms with E-state index in [1.54, 1.807) is 23.1 Å². The van der Waals surface area contributed by atoms with Gasteiger partial charge in [-0.1, -0.05) is 49.4 Å². The van der Waals surface area contributed by atoms with Gasteiger partial charge in [0.25, 0.3) is 5.56 Å².